The number of hydrogen-bond donors (Lipinski definition) is 1. The normalized spacial score (nSPS) is 24.1. The number of ether oxygens (including phenoxy) is 2. The Bertz CT molecular complexity index is 598. The number of carbonyl (C=O) groups excluding carboxylic acids is 2. The molecule has 6 heteroatoms. The summed E-state index contributed by atoms with van der Waals surface area (Å²) in [6.07, 6.45) is 5.69. The highest BCUT2D eigenvalue weighted by molar-refractivity contribution is 6.30. The minimum absolute atomic E-state index is 0.0577. The smallest absolute Gasteiger partial charge is 0.313 e. The second-order valence-electron chi connectivity index (χ2n) is 6.73. The number of rotatable bonds is 6. The van der Waals surface area contributed by atoms with Gasteiger partial charge < -0.3 is 14.8 Å². The molecule has 0 radical (unpaired) electrons. The zero-order valence-corrected chi connectivity index (χ0v) is 15.0. The van der Waals surface area contributed by atoms with Gasteiger partial charge in [-0.25, -0.2) is 0 Å². The Kier molecular flexibility index (Phi) is 6.32. The van der Waals surface area contributed by atoms with Crippen LogP contribution in [0.2, 0.25) is 5.02 Å². The molecule has 1 saturated carbocycles. The highest BCUT2D eigenvalue weighted by Crippen LogP contribution is 2.36. The van der Waals surface area contributed by atoms with Gasteiger partial charge in [-0.3, -0.25) is 9.59 Å². The van der Waals surface area contributed by atoms with Gasteiger partial charge in [0.25, 0.3) is 0 Å². The molecule has 2 atom stereocenters. The molecule has 1 saturated heterocycles. The van der Waals surface area contributed by atoms with Crippen LogP contribution < -0.4 is 5.32 Å². The lowest BCUT2D eigenvalue weighted by Gasteiger charge is -2.23. The van der Waals surface area contributed by atoms with Crippen LogP contribution in [0, 0.1) is 5.92 Å². The first-order valence-electron chi connectivity index (χ1n) is 8.98. The van der Waals surface area contributed by atoms with Crippen LogP contribution in [0.3, 0.4) is 0 Å². The van der Waals surface area contributed by atoms with E-state index in [0.29, 0.717) is 24.2 Å². The first-order valence-corrected chi connectivity index (χ1v) is 9.36. The van der Waals surface area contributed by atoms with Crippen molar-refractivity contribution in [2.75, 3.05) is 13.2 Å². The highest BCUT2D eigenvalue weighted by Gasteiger charge is 2.41. The summed E-state index contributed by atoms with van der Waals surface area (Å²) in [4.78, 5) is 24.1. The summed E-state index contributed by atoms with van der Waals surface area (Å²) in [5, 5.41) is 4.03. The molecular weight excluding hydrogens is 342 g/mol. The standard InChI is InChI=1S/C19H24ClNO4/c20-14-8-6-13(7-9-14)18-16(12-17(22)25-18)19(23)24-11-10-21-15-4-2-1-3-5-15/h6-9,15-16,18,21H,1-5,10-12H2/t16-,18+/m1/s1. The minimum Gasteiger partial charge on any atom is -0.464 e. The van der Waals surface area contributed by atoms with Crippen molar-refractivity contribution in [2.45, 2.75) is 50.7 Å². The minimum atomic E-state index is -0.594. The van der Waals surface area contributed by atoms with Crippen LogP contribution in [0.5, 0.6) is 0 Å². The van der Waals surface area contributed by atoms with Crippen molar-refractivity contribution in [3.63, 3.8) is 0 Å². The van der Waals surface area contributed by atoms with E-state index in [1.54, 1.807) is 24.3 Å². The van der Waals surface area contributed by atoms with E-state index in [1.165, 1.54) is 32.1 Å². The molecule has 0 spiro atoms. The first-order chi connectivity index (χ1) is 12.1. The van der Waals surface area contributed by atoms with Gasteiger partial charge in [-0.15, -0.1) is 0 Å². The van der Waals surface area contributed by atoms with Gasteiger partial charge in [0.1, 0.15) is 18.6 Å². The number of esters is 2. The summed E-state index contributed by atoms with van der Waals surface area (Å²) >= 11 is 5.89. The number of carbonyl (C=O) groups is 2. The van der Waals surface area contributed by atoms with Crippen molar-refractivity contribution in [1.82, 2.24) is 5.32 Å². The molecule has 0 aromatic heterocycles. The Morgan fingerprint density at radius 2 is 1.92 bits per heavy atom. The predicted molar refractivity (Wildman–Crippen MR) is 94.2 cm³/mol. The molecule has 25 heavy (non-hydrogen) atoms. The van der Waals surface area contributed by atoms with Gasteiger partial charge in [0.05, 0.1) is 6.42 Å². The summed E-state index contributed by atoms with van der Waals surface area (Å²) in [7, 11) is 0. The molecule has 1 aliphatic carbocycles. The summed E-state index contributed by atoms with van der Waals surface area (Å²) in [5.74, 6) is -1.35. The lowest BCUT2D eigenvalue weighted by molar-refractivity contribution is -0.150. The average Bonchev–Trinajstić information content (AvgIpc) is 3.02. The summed E-state index contributed by atoms with van der Waals surface area (Å²) in [5.41, 5.74) is 0.762. The van der Waals surface area contributed by atoms with Crippen LogP contribution in [0.25, 0.3) is 0 Å². The number of benzene rings is 1. The molecule has 0 bridgehead atoms. The third-order valence-corrected chi connectivity index (χ3v) is 5.15. The SMILES string of the molecule is O=C1C[C@@H](C(=O)OCCNC2CCCCC2)[C@H](c2ccc(Cl)cc2)O1. The molecule has 1 aromatic rings. The molecule has 2 aliphatic rings. The lowest BCUT2D eigenvalue weighted by Crippen LogP contribution is -2.34. The van der Waals surface area contributed by atoms with E-state index >= 15 is 0 Å². The lowest BCUT2D eigenvalue weighted by atomic mass is 9.95. The maximum Gasteiger partial charge on any atom is 0.313 e. The van der Waals surface area contributed by atoms with Gasteiger partial charge in [-0.05, 0) is 30.5 Å². The summed E-state index contributed by atoms with van der Waals surface area (Å²) in [6, 6.07) is 7.53. The molecule has 0 amide bonds. The van der Waals surface area contributed by atoms with Crippen LogP contribution in [-0.2, 0) is 19.1 Å². The van der Waals surface area contributed by atoms with Gasteiger partial charge in [-0.1, -0.05) is 43.0 Å². The Morgan fingerprint density at radius 1 is 1.20 bits per heavy atom. The van der Waals surface area contributed by atoms with E-state index in [1.807, 2.05) is 0 Å². The largest absolute Gasteiger partial charge is 0.464 e. The Hall–Kier alpha value is -1.59. The fraction of sp³-hybridized carbons (Fsp3) is 0.579. The van der Waals surface area contributed by atoms with E-state index in [-0.39, 0.29) is 18.4 Å². The second kappa shape index (κ2) is 8.68. The predicted octanol–water partition coefficient (Wildman–Crippen LogP) is 3.41. The van der Waals surface area contributed by atoms with Gasteiger partial charge in [0.15, 0.2) is 0 Å². The van der Waals surface area contributed by atoms with E-state index < -0.39 is 12.0 Å². The summed E-state index contributed by atoms with van der Waals surface area (Å²) < 4.78 is 10.7. The third kappa shape index (κ3) is 4.95. The molecule has 0 unspecified atom stereocenters. The zero-order valence-electron chi connectivity index (χ0n) is 14.2. The van der Waals surface area contributed by atoms with Crippen LogP contribution >= 0.6 is 11.6 Å². The first kappa shape index (κ1) is 18.2. The highest BCUT2D eigenvalue weighted by atomic mass is 35.5. The topological polar surface area (TPSA) is 64.6 Å². The number of nitrogens with one attached hydrogen (secondary N) is 1. The fourth-order valence-electron chi connectivity index (χ4n) is 3.55. The van der Waals surface area contributed by atoms with E-state index in [4.69, 9.17) is 21.1 Å². The molecule has 1 aromatic carbocycles. The van der Waals surface area contributed by atoms with Gasteiger partial charge >= 0.3 is 11.9 Å². The van der Waals surface area contributed by atoms with Crippen molar-refractivity contribution in [3.05, 3.63) is 34.9 Å². The van der Waals surface area contributed by atoms with Crippen molar-refractivity contribution in [3.8, 4) is 0 Å². The van der Waals surface area contributed by atoms with Crippen molar-refractivity contribution in [1.29, 1.82) is 0 Å². The summed E-state index contributed by atoms with van der Waals surface area (Å²) in [6.45, 7) is 0.955. The van der Waals surface area contributed by atoms with Crippen LogP contribution in [0.15, 0.2) is 24.3 Å². The van der Waals surface area contributed by atoms with Crippen molar-refractivity contribution in [2.24, 2.45) is 5.92 Å². The number of cyclic esters (lactones) is 1. The number of hydrogen-bond acceptors (Lipinski definition) is 5. The molecule has 1 N–H and O–H groups in total. The van der Waals surface area contributed by atoms with Gasteiger partial charge in [0.2, 0.25) is 0 Å². The quantitative estimate of drug-likeness (QED) is 0.618. The van der Waals surface area contributed by atoms with Crippen LogP contribution in [-0.4, -0.2) is 31.1 Å². The van der Waals surface area contributed by atoms with Crippen molar-refractivity contribution < 1.29 is 19.1 Å². The maximum atomic E-state index is 12.4. The second-order valence-corrected chi connectivity index (χ2v) is 7.17. The van der Waals surface area contributed by atoms with Gasteiger partial charge in [0, 0.05) is 17.6 Å². The Balaban J connectivity index is 1.49. The van der Waals surface area contributed by atoms with Crippen LogP contribution in [0.4, 0.5) is 0 Å². The average molecular weight is 366 g/mol. The van der Waals surface area contributed by atoms with E-state index in [2.05, 4.69) is 5.32 Å². The molecule has 2 fully saturated rings. The fourth-order valence-corrected chi connectivity index (χ4v) is 3.67. The molecule has 136 valence electrons. The molecule has 1 aliphatic heterocycles. The molecule has 1 heterocycles. The molecular formula is C19H24ClNO4. The Morgan fingerprint density at radius 3 is 2.64 bits per heavy atom. The van der Waals surface area contributed by atoms with E-state index in [0.717, 1.165) is 5.56 Å². The van der Waals surface area contributed by atoms with Crippen molar-refractivity contribution >= 4 is 23.5 Å². The Labute approximate surface area is 153 Å². The molecule has 5 nitrogen and oxygen atoms in total. The number of halogens is 1. The van der Waals surface area contributed by atoms with Crippen LogP contribution in [0.1, 0.15) is 50.2 Å². The molecule has 3 rings (SSSR count). The monoisotopic (exact) mass is 365 g/mol. The van der Waals surface area contributed by atoms with E-state index in [9.17, 15) is 9.59 Å². The maximum absolute atomic E-state index is 12.4. The van der Waals surface area contributed by atoms with Gasteiger partial charge in [-0.2, -0.15) is 0 Å². The zero-order chi connectivity index (χ0) is 17.6. The third-order valence-electron chi connectivity index (χ3n) is 4.90.